The first-order chi connectivity index (χ1) is 8.22. The summed E-state index contributed by atoms with van der Waals surface area (Å²) < 4.78 is 1.96. The number of nitrogens with zero attached hydrogens (tertiary/aromatic N) is 3. The Hall–Kier alpha value is -1.68. The van der Waals surface area contributed by atoms with E-state index in [1.54, 1.807) is 0 Å². The highest BCUT2D eigenvalue weighted by molar-refractivity contribution is 5.31. The maximum Gasteiger partial charge on any atom is 0.0947 e. The predicted molar refractivity (Wildman–Crippen MR) is 67.7 cm³/mol. The SMILES string of the molecule is CCNC(c1cn(C)cn1)c1cnccc1C. The average Bonchev–Trinajstić information content (AvgIpc) is 2.74. The molecule has 0 bridgehead atoms. The zero-order valence-corrected chi connectivity index (χ0v) is 10.5. The Kier molecular flexibility index (Phi) is 3.54. The highest BCUT2D eigenvalue weighted by atomic mass is 15.0. The van der Waals surface area contributed by atoms with E-state index in [1.807, 2.05) is 42.6 Å². The number of aromatic nitrogens is 3. The third-order valence-corrected chi connectivity index (χ3v) is 2.82. The molecule has 4 nitrogen and oxygen atoms in total. The molecule has 0 fully saturated rings. The van der Waals surface area contributed by atoms with E-state index in [4.69, 9.17) is 0 Å². The van der Waals surface area contributed by atoms with E-state index in [0.717, 1.165) is 12.2 Å². The third-order valence-electron chi connectivity index (χ3n) is 2.82. The number of hydrogen-bond donors (Lipinski definition) is 1. The minimum Gasteiger partial charge on any atom is -0.340 e. The molecule has 2 heterocycles. The van der Waals surface area contributed by atoms with Gasteiger partial charge in [0.15, 0.2) is 0 Å². The quantitative estimate of drug-likeness (QED) is 0.871. The summed E-state index contributed by atoms with van der Waals surface area (Å²) in [5.74, 6) is 0. The molecule has 1 atom stereocenters. The molecule has 0 aliphatic rings. The summed E-state index contributed by atoms with van der Waals surface area (Å²) in [6.45, 7) is 5.10. The first kappa shape index (κ1) is 11.8. The van der Waals surface area contributed by atoms with Crippen LogP contribution in [0.2, 0.25) is 0 Å². The van der Waals surface area contributed by atoms with Gasteiger partial charge in [0.1, 0.15) is 0 Å². The van der Waals surface area contributed by atoms with Gasteiger partial charge in [0.25, 0.3) is 0 Å². The molecule has 0 aromatic carbocycles. The predicted octanol–water partition coefficient (Wildman–Crippen LogP) is 1.82. The summed E-state index contributed by atoms with van der Waals surface area (Å²) in [6.07, 6.45) is 7.60. The Bertz CT molecular complexity index is 490. The maximum absolute atomic E-state index is 4.42. The molecule has 4 heteroatoms. The monoisotopic (exact) mass is 230 g/mol. The lowest BCUT2D eigenvalue weighted by molar-refractivity contribution is 0.612. The van der Waals surface area contributed by atoms with Gasteiger partial charge in [0, 0.05) is 25.6 Å². The van der Waals surface area contributed by atoms with E-state index in [1.165, 1.54) is 11.1 Å². The fourth-order valence-electron chi connectivity index (χ4n) is 1.94. The van der Waals surface area contributed by atoms with Gasteiger partial charge in [-0.2, -0.15) is 0 Å². The molecular formula is C13H18N4. The van der Waals surface area contributed by atoms with Crippen molar-refractivity contribution in [1.82, 2.24) is 19.9 Å². The highest BCUT2D eigenvalue weighted by Crippen LogP contribution is 2.22. The van der Waals surface area contributed by atoms with Crippen LogP contribution < -0.4 is 5.32 Å². The van der Waals surface area contributed by atoms with Crippen LogP contribution in [0.25, 0.3) is 0 Å². The van der Waals surface area contributed by atoms with Crippen molar-refractivity contribution < 1.29 is 0 Å². The van der Waals surface area contributed by atoms with E-state index >= 15 is 0 Å². The third kappa shape index (κ3) is 2.53. The smallest absolute Gasteiger partial charge is 0.0947 e. The Morgan fingerprint density at radius 2 is 2.29 bits per heavy atom. The topological polar surface area (TPSA) is 42.7 Å². The number of hydrogen-bond acceptors (Lipinski definition) is 3. The van der Waals surface area contributed by atoms with Gasteiger partial charge >= 0.3 is 0 Å². The van der Waals surface area contributed by atoms with Gasteiger partial charge in [-0.25, -0.2) is 4.98 Å². The summed E-state index contributed by atoms with van der Waals surface area (Å²) in [7, 11) is 1.98. The summed E-state index contributed by atoms with van der Waals surface area (Å²) in [5, 5.41) is 3.45. The molecular weight excluding hydrogens is 212 g/mol. The molecule has 2 aromatic rings. The summed E-state index contributed by atoms with van der Waals surface area (Å²) in [4.78, 5) is 8.63. The molecule has 0 radical (unpaired) electrons. The second-order valence-corrected chi connectivity index (χ2v) is 4.19. The van der Waals surface area contributed by atoms with Crippen molar-refractivity contribution >= 4 is 0 Å². The normalized spacial score (nSPS) is 12.6. The van der Waals surface area contributed by atoms with Gasteiger partial charge in [-0.15, -0.1) is 0 Å². The van der Waals surface area contributed by atoms with Crippen LogP contribution in [0.3, 0.4) is 0 Å². The van der Waals surface area contributed by atoms with Crippen molar-refractivity contribution in [2.75, 3.05) is 6.54 Å². The first-order valence-electron chi connectivity index (χ1n) is 5.84. The summed E-state index contributed by atoms with van der Waals surface area (Å²) >= 11 is 0. The van der Waals surface area contributed by atoms with Crippen molar-refractivity contribution in [3.63, 3.8) is 0 Å². The molecule has 0 saturated carbocycles. The number of imidazole rings is 1. The Morgan fingerprint density at radius 3 is 2.88 bits per heavy atom. The van der Waals surface area contributed by atoms with Crippen LogP contribution in [-0.2, 0) is 7.05 Å². The zero-order chi connectivity index (χ0) is 12.3. The van der Waals surface area contributed by atoms with Gasteiger partial charge in [-0.3, -0.25) is 4.98 Å². The van der Waals surface area contributed by atoms with Crippen LogP contribution in [-0.4, -0.2) is 21.1 Å². The molecule has 0 aliphatic heterocycles. The molecule has 1 unspecified atom stereocenters. The van der Waals surface area contributed by atoms with Crippen LogP contribution in [0, 0.1) is 6.92 Å². The van der Waals surface area contributed by atoms with E-state index in [0.29, 0.717) is 0 Å². The molecule has 17 heavy (non-hydrogen) atoms. The van der Waals surface area contributed by atoms with Gasteiger partial charge in [0.2, 0.25) is 0 Å². The first-order valence-corrected chi connectivity index (χ1v) is 5.84. The minimum absolute atomic E-state index is 0.120. The highest BCUT2D eigenvalue weighted by Gasteiger charge is 2.17. The maximum atomic E-state index is 4.42. The average molecular weight is 230 g/mol. The molecule has 90 valence electrons. The number of pyridine rings is 1. The molecule has 1 N–H and O–H groups in total. The molecule has 2 aromatic heterocycles. The van der Waals surface area contributed by atoms with Crippen LogP contribution in [0.4, 0.5) is 0 Å². The number of nitrogens with one attached hydrogen (secondary N) is 1. The Labute approximate surface area is 102 Å². The van der Waals surface area contributed by atoms with E-state index in [9.17, 15) is 0 Å². The second kappa shape index (κ2) is 5.10. The largest absolute Gasteiger partial charge is 0.340 e. The van der Waals surface area contributed by atoms with Crippen molar-refractivity contribution in [1.29, 1.82) is 0 Å². The van der Waals surface area contributed by atoms with Crippen LogP contribution in [0.5, 0.6) is 0 Å². The minimum atomic E-state index is 0.120. The summed E-state index contributed by atoms with van der Waals surface area (Å²) in [5.41, 5.74) is 3.45. The Balaban J connectivity index is 2.39. The molecule has 0 aliphatic carbocycles. The van der Waals surface area contributed by atoms with Crippen LogP contribution in [0.1, 0.15) is 29.8 Å². The number of aryl methyl sites for hydroxylation is 2. The van der Waals surface area contributed by atoms with Crippen molar-refractivity contribution in [3.05, 3.63) is 47.8 Å². The standard InChI is InChI=1S/C13H18N4/c1-4-15-13(12-8-17(3)9-16-12)11-7-14-6-5-10(11)2/h5-9,13,15H,4H2,1-3H3. The fourth-order valence-corrected chi connectivity index (χ4v) is 1.94. The van der Waals surface area contributed by atoms with Crippen molar-refractivity contribution in [3.8, 4) is 0 Å². The van der Waals surface area contributed by atoms with Gasteiger partial charge in [-0.1, -0.05) is 6.92 Å². The van der Waals surface area contributed by atoms with Crippen LogP contribution >= 0.6 is 0 Å². The fraction of sp³-hybridized carbons (Fsp3) is 0.385. The molecule has 2 rings (SSSR count). The molecule has 0 amide bonds. The van der Waals surface area contributed by atoms with Crippen LogP contribution in [0.15, 0.2) is 31.0 Å². The lowest BCUT2D eigenvalue weighted by Gasteiger charge is -2.17. The summed E-state index contributed by atoms with van der Waals surface area (Å²) in [6, 6.07) is 2.15. The number of rotatable bonds is 4. The van der Waals surface area contributed by atoms with Gasteiger partial charge in [-0.05, 0) is 30.7 Å². The second-order valence-electron chi connectivity index (χ2n) is 4.19. The zero-order valence-electron chi connectivity index (χ0n) is 10.5. The van der Waals surface area contributed by atoms with E-state index in [-0.39, 0.29) is 6.04 Å². The molecule has 0 spiro atoms. The lowest BCUT2D eigenvalue weighted by Crippen LogP contribution is -2.23. The van der Waals surface area contributed by atoms with Gasteiger partial charge < -0.3 is 9.88 Å². The lowest BCUT2D eigenvalue weighted by atomic mass is 10.0. The Morgan fingerprint density at radius 1 is 1.47 bits per heavy atom. The molecule has 0 saturated heterocycles. The van der Waals surface area contributed by atoms with E-state index < -0.39 is 0 Å². The van der Waals surface area contributed by atoms with E-state index in [2.05, 4.69) is 29.1 Å². The van der Waals surface area contributed by atoms with Crippen molar-refractivity contribution in [2.24, 2.45) is 7.05 Å². The van der Waals surface area contributed by atoms with Gasteiger partial charge in [0.05, 0.1) is 18.1 Å². The van der Waals surface area contributed by atoms with Crippen molar-refractivity contribution in [2.45, 2.75) is 19.9 Å².